The highest BCUT2D eigenvalue weighted by Crippen LogP contribution is 2.54. The standard InChI is InChI=1S/C21H30O3/c22-12-20-17-7-6-16-8-15(9-17)10-18(20)11-19(16)21(23)24-13-14-4-2-1-3-5-14/h1-5,15-23H,6-13H2/t15?,16?,17?,18?,19-,20?,21?/m0/s1. The van der Waals surface area contributed by atoms with E-state index in [4.69, 9.17) is 4.74 Å². The number of hydrogen-bond donors (Lipinski definition) is 2. The van der Waals surface area contributed by atoms with Gasteiger partial charge in [-0.15, -0.1) is 0 Å². The summed E-state index contributed by atoms with van der Waals surface area (Å²) >= 11 is 0. The van der Waals surface area contributed by atoms with Gasteiger partial charge in [-0.25, -0.2) is 0 Å². The normalized spacial score (nSPS) is 39.4. The Labute approximate surface area is 145 Å². The van der Waals surface area contributed by atoms with Crippen LogP contribution in [0.15, 0.2) is 30.3 Å². The van der Waals surface area contributed by atoms with Crippen molar-refractivity contribution in [3.05, 3.63) is 35.9 Å². The minimum atomic E-state index is -0.676. The number of fused-ring (bicyclic) bond motifs is 3. The van der Waals surface area contributed by atoms with Crippen LogP contribution in [0.1, 0.15) is 44.1 Å². The zero-order valence-corrected chi connectivity index (χ0v) is 14.4. The molecule has 4 bridgehead atoms. The maximum Gasteiger partial charge on any atom is 0.158 e. The van der Waals surface area contributed by atoms with Crippen molar-refractivity contribution in [1.82, 2.24) is 0 Å². The summed E-state index contributed by atoms with van der Waals surface area (Å²) in [5.74, 6) is 3.37. The van der Waals surface area contributed by atoms with Crippen molar-refractivity contribution in [1.29, 1.82) is 0 Å². The van der Waals surface area contributed by atoms with E-state index in [1.165, 1.54) is 32.1 Å². The molecule has 24 heavy (non-hydrogen) atoms. The van der Waals surface area contributed by atoms with E-state index >= 15 is 0 Å². The summed E-state index contributed by atoms with van der Waals surface area (Å²) in [5.41, 5.74) is 1.11. The fourth-order valence-electron chi connectivity index (χ4n) is 5.91. The van der Waals surface area contributed by atoms with Gasteiger partial charge in [0.05, 0.1) is 6.61 Å². The molecule has 0 spiro atoms. The monoisotopic (exact) mass is 330 g/mol. The molecule has 2 N–H and O–H groups in total. The molecule has 132 valence electrons. The molecule has 3 aliphatic rings. The smallest absolute Gasteiger partial charge is 0.158 e. The Morgan fingerprint density at radius 1 is 0.958 bits per heavy atom. The van der Waals surface area contributed by atoms with Gasteiger partial charge in [0.25, 0.3) is 0 Å². The van der Waals surface area contributed by atoms with Gasteiger partial charge in [0.1, 0.15) is 0 Å². The third-order valence-electron chi connectivity index (χ3n) is 7.05. The Hall–Kier alpha value is -0.900. The van der Waals surface area contributed by atoms with Crippen molar-refractivity contribution in [2.45, 2.75) is 51.4 Å². The number of aliphatic hydroxyl groups is 2. The second kappa shape index (κ2) is 7.15. The molecule has 3 saturated carbocycles. The lowest BCUT2D eigenvalue weighted by molar-refractivity contribution is -0.161. The van der Waals surface area contributed by atoms with Crippen LogP contribution >= 0.6 is 0 Å². The quantitative estimate of drug-likeness (QED) is 0.811. The lowest BCUT2D eigenvalue weighted by Gasteiger charge is -2.41. The van der Waals surface area contributed by atoms with E-state index in [2.05, 4.69) is 0 Å². The average molecular weight is 330 g/mol. The highest BCUT2D eigenvalue weighted by molar-refractivity contribution is 5.13. The van der Waals surface area contributed by atoms with Crippen molar-refractivity contribution < 1.29 is 14.9 Å². The Morgan fingerprint density at radius 2 is 1.67 bits per heavy atom. The van der Waals surface area contributed by atoms with Crippen LogP contribution in [0.4, 0.5) is 0 Å². The Balaban J connectivity index is 1.46. The Bertz CT molecular complexity index is 531. The van der Waals surface area contributed by atoms with Gasteiger partial charge in [-0.1, -0.05) is 30.3 Å². The molecule has 3 aliphatic carbocycles. The van der Waals surface area contributed by atoms with Crippen molar-refractivity contribution >= 4 is 0 Å². The SMILES string of the molecule is OCC1C2CCC3CC(C2)CC1C[C@@H]3C(O)OCc1ccccc1. The molecular weight excluding hydrogens is 300 g/mol. The first-order valence-electron chi connectivity index (χ1n) is 9.69. The van der Waals surface area contributed by atoms with Crippen molar-refractivity contribution in [2.75, 3.05) is 6.61 Å². The van der Waals surface area contributed by atoms with Gasteiger partial charge in [0.15, 0.2) is 6.29 Å². The van der Waals surface area contributed by atoms with Crippen LogP contribution in [-0.2, 0) is 11.3 Å². The largest absolute Gasteiger partial charge is 0.396 e. The summed E-state index contributed by atoms with van der Waals surface area (Å²) in [6.07, 6.45) is 6.57. The summed E-state index contributed by atoms with van der Waals surface area (Å²) in [6, 6.07) is 10.1. The Kier molecular flexibility index (Phi) is 4.93. The van der Waals surface area contributed by atoms with Crippen molar-refractivity contribution in [2.24, 2.45) is 35.5 Å². The van der Waals surface area contributed by atoms with Crippen molar-refractivity contribution in [3.63, 3.8) is 0 Å². The summed E-state index contributed by atoms with van der Waals surface area (Å²) < 4.78 is 5.88. The molecule has 3 nitrogen and oxygen atoms in total. The van der Waals surface area contributed by atoms with E-state index in [0.29, 0.717) is 36.9 Å². The fourth-order valence-corrected chi connectivity index (χ4v) is 5.91. The number of benzene rings is 1. The molecule has 0 amide bonds. The first-order chi connectivity index (χ1) is 11.7. The molecular formula is C21H30O3. The van der Waals surface area contributed by atoms with E-state index in [1.54, 1.807) is 0 Å². The zero-order chi connectivity index (χ0) is 16.5. The van der Waals surface area contributed by atoms with E-state index in [0.717, 1.165) is 17.9 Å². The van der Waals surface area contributed by atoms with Crippen LogP contribution in [0, 0.1) is 35.5 Å². The van der Waals surface area contributed by atoms with Crippen LogP contribution in [0.25, 0.3) is 0 Å². The summed E-state index contributed by atoms with van der Waals surface area (Å²) in [5, 5.41) is 20.7. The second-order valence-electron chi connectivity index (χ2n) is 8.36. The third-order valence-corrected chi connectivity index (χ3v) is 7.05. The predicted octanol–water partition coefficient (Wildman–Crippen LogP) is 3.59. The fraction of sp³-hybridized carbons (Fsp3) is 0.714. The number of aliphatic hydroxyl groups excluding tert-OH is 2. The van der Waals surface area contributed by atoms with E-state index in [-0.39, 0.29) is 5.92 Å². The molecule has 7 atom stereocenters. The summed E-state index contributed by atoms with van der Waals surface area (Å²) in [7, 11) is 0. The highest BCUT2D eigenvalue weighted by Gasteiger charge is 2.47. The molecule has 0 heterocycles. The summed E-state index contributed by atoms with van der Waals surface area (Å²) in [6.45, 7) is 0.797. The van der Waals surface area contributed by atoms with Crippen LogP contribution in [-0.4, -0.2) is 23.1 Å². The summed E-state index contributed by atoms with van der Waals surface area (Å²) in [4.78, 5) is 0. The Morgan fingerprint density at radius 3 is 2.46 bits per heavy atom. The van der Waals surface area contributed by atoms with Gasteiger partial charge >= 0.3 is 0 Å². The average Bonchev–Trinajstić information content (AvgIpc) is 2.87. The van der Waals surface area contributed by atoms with Crippen molar-refractivity contribution in [3.8, 4) is 0 Å². The van der Waals surface area contributed by atoms with E-state index < -0.39 is 6.29 Å². The van der Waals surface area contributed by atoms with E-state index in [9.17, 15) is 10.2 Å². The predicted molar refractivity (Wildman–Crippen MR) is 93.0 cm³/mol. The van der Waals surface area contributed by atoms with Gasteiger partial charge in [-0.05, 0) is 73.7 Å². The van der Waals surface area contributed by atoms with E-state index in [1.807, 2.05) is 30.3 Å². The first-order valence-corrected chi connectivity index (χ1v) is 9.69. The maximum absolute atomic E-state index is 10.8. The molecule has 0 aliphatic heterocycles. The van der Waals surface area contributed by atoms with Gasteiger partial charge < -0.3 is 14.9 Å². The molecule has 1 aromatic rings. The lowest BCUT2D eigenvalue weighted by atomic mass is 9.65. The molecule has 4 rings (SSSR count). The van der Waals surface area contributed by atoms with Crippen LogP contribution in [0.5, 0.6) is 0 Å². The first kappa shape index (κ1) is 16.6. The molecule has 1 aromatic carbocycles. The van der Waals surface area contributed by atoms with Crippen LogP contribution in [0.2, 0.25) is 0 Å². The molecule has 3 fully saturated rings. The molecule has 0 aromatic heterocycles. The second-order valence-corrected chi connectivity index (χ2v) is 8.36. The maximum atomic E-state index is 10.8. The minimum absolute atomic E-state index is 0.233. The third kappa shape index (κ3) is 3.26. The zero-order valence-electron chi connectivity index (χ0n) is 14.4. The molecule has 3 heteroatoms. The van der Waals surface area contributed by atoms with Gasteiger partial charge in [0, 0.05) is 12.5 Å². The lowest BCUT2D eigenvalue weighted by Crippen LogP contribution is -2.38. The van der Waals surface area contributed by atoms with Gasteiger partial charge in [-0.3, -0.25) is 0 Å². The number of hydrogen-bond acceptors (Lipinski definition) is 3. The molecule has 6 unspecified atom stereocenters. The van der Waals surface area contributed by atoms with Gasteiger partial charge in [0.2, 0.25) is 0 Å². The van der Waals surface area contributed by atoms with Gasteiger partial charge in [-0.2, -0.15) is 0 Å². The molecule has 0 radical (unpaired) electrons. The topological polar surface area (TPSA) is 49.7 Å². The number of rotatable bonds is 5. The molecule has 0 saturated heterocycles. The minimum Gasteiger partial charge on any atom is -0.396 e. The number of ether oxygens (including phenoxy) is 1. The highest BCUT2D eigenvalue weighted by atomic mass is 16.6. The van der Waals surface area contributed by atoms with Crippen LogP contribution < -0.4 is 0 Å². The van der Waals surface area contributed by atoms with Crippen LogP contribution in [0.3, 0.4) is 0 Å².